The number of rotatable bonds is 4. The van der Waals surface area contributed by atoms with Crippen LogP contribution in [-0.4, -0.2) is 11.6 Å². The van der Waals surface area contributed by atoms with Gasteiger partial charge in [-0.3, -0.25) is 4.98 Å². The van der Waals surface area contributed by atoms with Crippen molar-refractivity contribution >= 4 is 10.8 Å². The largest absolute Gasteiger partial charge is 0.377 e. The van der Waals surface area contributed by atoms with Gasteiger partial charge in [-0.2, -0.15) is 0 Å². The Bertz CT molecular complexity index is 573. The maximum atomic E-state index is 5.50. The van der Waals surface area contributed by atoms with Crippen LogP contribution in [0.2, 0.25) is 0 Å². The van der Waals surface area contributed by atoms with Gasteiger partial charge in [0, 0.05) is 29.8 Å². The summed E-state index contributed by atoms with van der Waals surface area (Å²) >= 11 is 0. The standard InChI is InChI=1S/C16H19NO/c1-3-18-10-15-7-14-9-17-16(12-4-5-12)8-13(14)6-11(15)2/h6-9,12H,3-5,10H2,1-2H3. The first-order valence-electron chi connectivity index (χ1n) is 6.75. The average molecular weight is 241 g/mol. The first-order chi connectivity index (χ1) is 8.78. The Morgan fingerprint density at radius 2 is 2.06 bits per heavy atom. The lowest BCUT2D eigenvalue weighted by atomic mass is 10.0. The van der Waals surface area contributed by atoms with Gasteiger partial charge >= 0.3 is 0 Å². The summed E-state index contributed by atoms with van der Waals surface area (Å²) in [6, 6.07) is 6.73. The molecule has 3 rings (SSSR count). The predicted molar refractivity (Wildman–Crippen MR) is 73.8 cm³/mol. The van der Waals surface area contributed by atoms with E-state index in [2.05, 4.69) is 30.1 Å². The highest BCUT2D eigenvalue weighted by molar-refractivity contribution is 5.83. The Labute approximate surface area is 108 Å². The second-order valence-electron chi connectivity index (χ2n) is 5.15. The van der Waals surface area contributed by atoms with Gasteiger partial charge in [0.1, 0.15) is 0 Å². The van der Waals surface area contributed by atoms with Crippen molar-refractivity contribution in [2.45, 2.75) is 39.2 Å². The van der Waals surface area contributed by atoms with Crippen LogP contribution in [0, 0.1) is 6.92 Å². The number of fused-ring (bicyclic) bond motifs is 1. The first-order valence-corrected chi connectivity index (χ1v) is 6.75. The molecule has 0 bridgehead atoms. The van der Waals surface area contributed by atoms with Crippen LogP contribution in [0.5, 0.6) is 0 Å². The van der Waals surface area contributed by atoms with Crippen LogP contribution in [0.3, 0.4) is 0 Å². The van der Waals surface area contributed by atoms with Gasteiger partial charge in [-0.05, 0) is 55.3 Å². The highest BCUT2D eigenvalue weighted by Crippen LogP contribution is 2.39. The van der Waals surface area contributed by atoms with E-state index in [1.807, 2.05) is 13.1 Å². The quantitative estimate of drug-likeness (QED) is 0.808. The maximum Gasteiger partial charge on any atom is 0.0719 e. The van der Waals surface area contributed by atoms with Crippen molar-refractivity contribution in [1.82, 2.24) is 4.98 Å². The lowest BCUT2D eigenvalue weighted by molar-refractivity contribution is 0.134. The fraction of sp³-hybridized carbons (Fsp3) is 0.438. The lowest BCUT2D eigenvalue weighted by Gasteiger charge is -2.09. The van der Waals surface area contributed by atoms with Gasteiger partial charge in [0.05, 0.1) is 6.61 Å². The second-order valence-corrected chi connectivity index (χ2v) is 5.15. The van der Waals surface area contributed by atoms with Crippen LogP contribution in [0.25, 0.3) is 10.8 Å². The zero-order valence-electron chi connectivity index (χ0n) is 11.1. The minimum atomic E-state index is 0.697. The third kappa shape index (κ3) is 2.25. The van der Waals surface area contributed by atoms with E-state index in [-0.39, 0.29) is 0 Å². The molecule has 0 unspecified atom stereocenters. The molecule has 1 heterocycles. The van der Waals surface area contributed by atoms with Gasteiger partial charge in [-0.1, -0.05) is 6.07 Å². The zero-order chi connectivity index (χ0) is 12.5. The number of benzene rings is 1. The van der Waals surface area contributed by atoms with Crippen LogP contribution in [0.4, 0.5) is 0 Å². The molecule has 0 amide bonds. The van der Waals surface area contributed by atoms with E-state index in [4.69, 9.17) is 4.74 Å². The minimum absolute atomic E-state index is 0.697. The summed E-state index contributed by atoms with van der Waals surface area (Å²) in [5.74, 6) is 0.720. The predicted octanol–water partition coefficient (Wildman–Crippen LogP) is 3.96. The van der Waals surface area contributed by atoms with E-state index in [0.717, 1.165) is 12.5 Å². The summed E-state index contributed by atoms with van der Waals surface area (Å²) in [6.07, 6.45) is 4.62. The third-order valence-corrected chi connectivity index (χ3v) is 3.65. The smallest absolute Gasteiger partial charge is 0.0719 e. The summed E-state index contributed by atoms with van der Waals surface area (Å²) in [6.45, 7) is 5.64. The van der Waals surface area contributed by atoms with Crippen LogP contribution >= 0.6 is 0 Å². The summed E-state index contributed by atoms with van der Waals surface area (Å²) < 4.78 is 5.50. The number of aromatic nitrogens is 1. The lowest BCUT2D eigenvalue weighted by Crippen LogP contribution is -1.96. The molecule has 1 aliphatic rings. The van der Waals surface area contributed by atoms with Crippen molar-refractivity contribution < 1.29 is 4.74 Å². The van der Waals surface area contributed by atoms with Gasteiger partial charge in [0.2, 0.25) is 0 Å². The Balaban J connectivity index is 1.99. The summed E-state index contributed by atoms with van der Waals surface area (Å²) in [5, 5.41) is 2.53. The molecule has 2 nitrogen and oxygen atoms in total. The number of pyridine rings is 1. The number of hydrogen-bond donors (Lipinski definition) is 0. The summed E-state index contributed by atoms with van der Waals surface area (Å²) in [7, 11) is 0. The molecular formula is C16H19NO. The topological polar surface area (TPSA) is 22.1 Å². The van der Waals surface area contributed by atoms with Gasteiger partial charge in [-0.25, -0.2) is 0 Å². The van der Waals surface area contributed by atoms with Crippen LogP contribution in [0.1, 0.15) is 42.5 Å². The zero-order valence-corrected chi connectivity index (χ0v) is 11.1. The van der Waals surface area contributed by atoms with Crippen molar-refractivity contribution in [3.8, 4) is 0 Å². The monoisotopic (exact) mass is 241 g/mol. The van der Waals surface area contributed by atoms with E-state index < -0.39 is 0 Å². The van der Waals surface area contributed by atoms with Crippen LogP contribution in [0.15, 0.2) is 24.4 Å². The molecule has 18 heavy (non-hydrogen) atoms. The fourth-order valence-electron chi connectivity index (χ4n) is 2.34. The molecule has 2 heteroatoms. The number of ether oxygens (including phenoxy) is 1. The molecule has 1 saturated carbocycles. The molecule has 0 radical (unpaired) electrons. The van der Waals surface area contributed by atoms with Crippen LogP contribution in [-0.2, 0) is 11.3 Å². The maximum absolute atomic E-state index is 5.50. The normalized spacial score (nSPS) is 15.2. The molecule has 1 aromatic heterocycles. The molecule has 1 fully saturated rings. The fourth-order valence-corrected chi connectivity index (χ4v) is 2.34. The van der Waals surface area contributed by atoms with E-state index in [0.29, 0.717) is 6.61 Å². The van der Waals surface area contributed by atoms with Gasteiger partial charge in [0.15, 0.2) is 0 Å². The van der Waals surface area contributed by atoms with Crippen molar-refractivity contribution in [1.29, 1.82) is 0 Å². The molecular weight excluding hydrogens is 222 g/mol. The van der Waals surface area contributed by atoms with Gasteiger partial charge < -0.3 is 4.74 Å². The molecule has 0 atom stereocenters. The Morgan fingerprint density at radius 3 is 2.78 bits per heavy atom. The molecule has 1 aromatic carbocycles. The van der Waals surface area contributed by atoms with Crippen molar-refractivity contribution in [3.05, 3.63) is 41.2 Å². The average Bonchev–Trinajstić information content (AvgIpc) is 3.20. The van der Waals surface area contributed by atoms with E-state index >= 15 is 0 Å². The minimum Gasteiger partial charge on any atom is -0.377 e. The molecule has 1 aliphatic carbocycles. The van der Waals surface area contributed by atoms with Crippen LogP contribution < -0.4 is 0 Å². The molecule has 0 spiro atoms. The molecule has 2 aromatic rings. The second kappa shape index (κ2) is 4.69. The summed E-state index contributed by atoms with van der Waals surface area (Å²) in [5.41, 5.74) is 3.84. The highest BCUT2D eigenvalue weighted by atomic mass is 16.5. The Kier molecular flexibility index (Phi) is 3.04. The Morgan fingerprint density at radius 1 is 1.22 bits per heavy atom. The van der Waals surface area contributed by atoms with Crippen molar-refractivity contribution in [2.75, 3.05) is 6.61 Å². The Hall–Kier alpha value is -1.41. The summed E-state index contributed by atoms with van der Waals surface area (Å²) in [4.78, 5) is 4.58. The highest BCUT2D eigenvalue weighted by Gasteiger charge is 2.24. The van der Waals surface area contributed by atoms with Crippen molar-refractivity contribution in [3.63, 3.8) is 0 Å². The SMILES string of the molecule is CCOCc1cc2cnc(C3CC3)cc2cc1C. The van der Waals surface area contributed by atoms with Crippen molar-refractivity contribution in [2.24, 2.45) is 0 Å². The molecule has 0 N–H and O–H groups in total. The molecule has 94 valence electrons. The number of aryl methyl sites for hydroxylation is 1. The van der Waals surface area contributed by atoms with Gasteiger partial charge in [-0.15, -0.1) is 0 Å². The van der Waals surface area contributed by atoms with E-state index in [1.54, 1.807) is 0 Å². The molecule has 0 saturated heterocycles. The number of nitrogens with zero attached hydrogens (tertiary/aromatic N) is 1. The first kappa shape index (κ1) is 11.7. The van der Waals surface area contributed by atoms with E-state index in [1.165, 1.54) is 40.4 Å². The number of hydrogen-bond acceptors (Lipinski definition) is 2. The third-order valence-electron chi connectivity index (χ3n) is 3.65. The van der Waals surface area contributed by atoms with E-state index in [9.17, 15) is 0 Å². The van der Waals surface area contributed by atoms with Gasteiger partial charge in [0.25, 0.3) is 0 Å². The molecule has 0 aliphatic heterocycles.